The van der Waals surface area contributed by atoms with Gasteiger partial charge in [-0.3, -0.25) is 4.79 Å². The summed E-state index contributed by atoms with van der Waals surface area (Å²) in [6.45, 7) is 5.78. The van der Waals surface area contributed by atoms with Crippen molar-refractivity contribution in [3.63, 3.8) is 0 Å². The first-order valence-corrected chi connectivity index (χ1v) is 3.98. The van der Waals surface area contributed by atoms with Crippen molar-refractivity contribution in [3.05, 3.63) is 12.2 Å². The van der Waals surface area contributed by atoms with Crippen LogP contribution in [0.4, 0.5) is 0 Å². The van der Waals surface area contributed by atoms with E-state index >= 15 is 0 Å². The maximum absolute atomic E-state index is 11.0. The maximum Gasteiger partial charge on any atom is 0.157 e. The van der Waals surface area contributed by atoms with Crippen LogP contribution in [0.5, 0.6) is 0 Å². The van der Waals surface area contributed by atoms with Crippen molar-refractivity contribution < 1.29 is 9.53 Å². The monoisotopic (exact) mass is 154 g/mol. The van der Waals surface area contributed by atoms with Crippen molar-refractivity contribution in [1.29, 1.82) is 0 Å². The molecule has 2 atom stereocenters. The molecule has 0 N–H and O–H groups in total. The molecule has 11 heavy (non-hydrogen) atoms. The molecule has 0 spiro atoms. The molecular weight excluding hydrogens is 140 g/mol. The number of epoxide rings is 1. The smallest absolute Gasteiger partial charge is 0.157 e. The van der Waals surface area contributed by atoms with Crippen LogP contribution >= 0.6 is 0 Å². The lowest BCUT2D eigenvalue weighted by atomic mass is 10.1. The van der Waals surface area contributed by atoms with E-state index in [0.717, 1.165) is 0 Å². The summed E-state index contributed by atoms with van der Waals surface area (Å²) in [5, 5.41) is 0. The van der Waals surface area contributed by atoms with Gasteiger partial charge in [-0.15, -0.1) is 0 Å². The van der Waals surface area contributed by atoms with Gasteiger partial charge < -0.3 is 4.74 Å². The third-order valence-corrected chi connectivity index (χ3v) is 1.78. The Labute approximate surface area is 67.2 Å². The number of carbonyl (C=O) groups excluding carboxylic acids is 1. The molecule has 1 fully saturated rings. The number of rotatable bonds is 3. The van der Waals surface area contributed by atoms with Gasteiger partial charge in [0.05, 0.1) is 6.10 Å². The Hall–Kier alpha value is -0.630. The van der Waals surface area contributed by atoms with Crippen LogP contribution < -0.4 is 0 Å². The van der Waals surface area contributed by atoms with Crippen molar-refractivity contribution in [3.8, 4) is 0 Å². The summed E-state index contributed by atoms with van der Waals surface area (Å²) in [6, 6.07) is 0. The molecule has 1 aliphatic heterocycles. The Morgan fingerprint density at radius 3 is 2.45 bits per heavy atom. The molecule has 0 aliphatic carbocycles. The van der Waals surface area contributed by atoms with Crippen LogP contribution in [0.3, 0.4) is 0 Å². The number of allylic oxidation sites excluding steroid dienone is 1. The third kappa shape index (κ3) is 2.46. The molecule has 62 valence electrons. The van der Waals surface area contributed by atoms with Gasteiger partial charge in [0.25, 0.3) is 0 Å². The highest BCUT2D eigenvalue weighted by Crippen LogP contribution is 2.21. The van der Waals surface area contributed by atoms with E-state index in [0.29, 0.717) is 6.10 Å². The lowest BCUT2D eigenvalue weighted by molar-refractivity contribution is -0.117. The quantitative estimate of drug-likeness (QED) is 0.456. The second-order valence-electron chi connectivity index (χ2n) is 3.22. The molecule has 1 heterocycles. The van der Waals surface area contributed by atoms with Gasteiger partial charge in [0.15, 0.2) is 5.78 Å². The molecule has 1 aliphatic rings. The standard InChI is InChI=1S/C9H14O2/c1-6(2)8(10)4-5-9-7(3)11-9/h4-7,9H,1-3H3/b5-4+/t7-,9-/m0/s1. The lowest BCUT2D eigenvalue weighted by Crippen LogP contribution is -2.02. The minimum Gasteiger partial charge on any atom is -0.365 e. The predicted molar refractivity (Wildman–Crippen MR) is 43.3 cm³/mol. The molecule has 0 radical (unpaired) electrons. The second kappa shape index (κ2) is 3.18. The summed E-state index contributed by atoms with van der Waals surface area (Å²) >= 11 is 0. The molecule has 1 saturated heterocycles. The first-order valence-electron chi connectivity index (χ1n) is 3.98. The lowest BCUT2D eigenvalue weighted by Gasteiger charge is -1.94. The fraction of sp³-hybridized carbons (Fsp3) is 0.667. The minimum atomic E-state index is 0.0975. The predicted octanol–water partition coefficient (Wildman–Crippen LogP) is 1.55. The molecule has 1 rings (SSSR count). The van der Waals surface area contributed by atoms with E-state index in [9.17, 15) is 4.79 Å². The molecule has 0 aromatic heterocycles. The van der Waals surface area contributed by atoms with Crippen molar-refractivity contribution in [2.45, 2.75) is 33.0 Å². The fourth-order valence-electron chi connectivity index (χ4n) is 0.786. The highest BCUT2D eigenvalue weighted by atomic mass is 16.6. The minimum absolute atomic E-state index is 0.0975. The topological polar surface area (TPSA) is 29.6 Å². The van der Waals surface area contributed by atoms with Crippen molar-refractivity contribution in [2.75, 3.05) is 0 Å². The summed E-state index contributed by atoms with van der Waals surface area (Å²) in [7, 11) is 0. The fourth-order valence-corrected chi connectivity index (χ4v) is 0.786. The van der Waals surface area contributed by atoms with Crippen LogP contribution in [0.15, 0.2) is 12.2 Å². The molecule has 0 aromatic carbocycles. The van der Waals surface area contributed by atoms with Gasteiger partial charge in [0.1, 0.15) is 6.10 Å². The van der Waals surface area contributed by atoms with Crippen LogP contribution in [0, 0.1) is 5.92 Å². The highest BCUT2D eigenvalue weighted by Gasteiger charge is 2.31. The van der Waals surface area contributed by atoms with E-state index in [1.165, 1.54) is 0 Å². The molecule has 2 heteroatoms. The zero-order valence-corrected chi connectivity index (χ0v) is 7.20. The Morgan fingerprint density at radius 2 is 2.09 bits per heavy atom. The van der Waals surface area contributed by atoms with Gasteiger partial charge in [0, 0.05) is 5.92 Å². The van der Waals surface area contributed by atoms with Gasteiger partial charge in [-0.25, -0.2) is 0 Å². The third-order valence-electron chi connectivity index (χ3n) is 1.78. The number of ketones is 1. The van der Waals surface area contributed by atoms with E-state index < -0.39 is 0 Å². The SMILES string of the molecule is CC(C)C(=O)/C=C/[C@@H]1O[C@H]1C. The van der Waals surface area contributed by atoms with Gasteiger partial charge in [-0.05, 0) is 19.1 Å². The van der Waals surface area contributed by atoms with Crippen molar-refractivity contribution in [1.82, 2.24) is 0 Å². The molecule has 0 unspecified atom stereocenters. The van der Waals surface area contributed by atoms with Gasteiger partial charge in [-0.2, -0.15) is 0 Å². The Bertz CT molecular complexity index is 182. The molecule has 0 aromatic rings. The number of hydrogen-bond acceptors (Lipinski definition) is 2. The Balaban J connectivity index is 2.30. The average Bonchev–Trinajstić information content (AvgIpc) is 2.61. The largest absolute Gasteiger partial charge is 0.365 e. The second-order valence-corrected chi connectivity index (χ2v) is 3.22. The van der Waals surface area contributed by atoms with Gasteiger partial charge in [-0.1, -0.05) is 13.8 Å². The summed E-state index contributed by atoms with van der Waals surface area (Å²) in [6.07, 6.45) is 3.97. The number of hydrogen-bond donors (Lipinski definition) is 0. The normalized spacial score (nSPS) is 29.8. The summed E-state index contributed by atoms with van der Waals surface area (Å²) in [5.41, 5.74) is 0. The summed E-state index contributed by atoms with van der Waals surface area (Å²) in [4.78, 5) is 11.0. The first kappa shape index (κ1) is 8.47. The van der Waals surface area contributed by atoms with Gasteiger partial charge >= 0.3 is 0 Å². The molecule has 0 saturated carbocycles. The van der Waals surface area contributed by atoms with Crippen LogP contribution in [0.25, 0.3) is 0 Å². The zero-order valence-electron chi connectivity index (χ0n) is 7.20. The highest BCUT2D eigenvalue weighted by molar-refractivity contribution is 5.91. The molecule has 2 nitrogen and oxygen atoms in total. The van der Waals surface area contributed by atoms with E-state index in [4.69, 9.17) is 4.74 Å². The van der Waals surface area contributed by atoms with E-state index in [2.05, 4.69) is 0 Å². The average molecular weight is 154 g/mol. The Kier molecular flexibility index (Phi) is 2.45. The van der Waals surface area contributed by atoms with Crippen LogP contribution in [0.1, 0.15) is 20.8 Å². The van der Waals surface area contributed by atoms with Crippen molar-refractivity contribution in [2.24, 2.45) is 5.92 Å². The first-order chi connectivity index (χ1) is 5.11. The van der Waals surface area contributed by atoms with Crippen LogP contribution in [-0.2, 0) is 9.53 Å². The van der Waals surface area contributed by atoms with Crippen molar-refractivity contribution >= 4 is 5.78 Å². The maximum atomic E-state index is 11.0. The molecule has 0 bridgehead atoms. The summed E-state index contributed by atoms with van der Waals surface area (Å²) < 4.78 is 5.11. The van der Waals surface area contributed by atoms with Gasteiger partial charge in [0.2, 0.25) is 0 Å². The number of carbonyl (C=O) groups is 1. The number of ether oxygens (including phenoxy) is 1. The van der Waals surface area contributed by atoms with E-state index in [-0.39, 0.29) is 17.8 Å². The van der Waals surface area contributed by atoms with Crippen LogP contribution in [-0.4, -0.2) is 18.0 Å². The molecule has 0 amide bonds. The molecular formula is C9H14O2. The van der Waals surface area contributed by atoms with E-state index in [1.54, 1.807) is 6.08 Å². The van der Waals surface area contributed by atoms with Crippen LogP contribution in [0.2, 0.25) is 0 Å². The van der Waals surface area contributed by atoms with E-state index in [1.807, 2.05) is 26.8 Å². The zero-order chi connectivity index (χ0) is 8.43. The summed E-state index contributed by atoms with van der Waals surface area (Å²) in [5.74, 6) is 0.271. The Morgan fingerprint density at radius 1 is 1.55 bits per heavy atom.